The van der Waals surface area contributed by atoms with Crippen molar-refractivity contribution in [2.75, 3.05) is 12.4 Å². The van der Waals surface area contributed by atoms with E-state index in [-0.39, 0.29) is 0 Å². The Morgan fingerprint density at radius 1 is 1.14 bits per heavy atom. The Hall–Kier alpha value is -2.31. The summed E-state index contributed by atoms with van der Waals surface area (Å²) in [6.07, 6.45) is -4.32. The van der Waals surface area contributed by atoms with Gasteiger partial charge in [-0.1, -0.05) is 12.1 Å². The van der Waals surface area contributed by atoms with Crippen molar-refractivity contribution >= 4 is 5.82 Å². The maximum absolute atomic E-state index is 12.5. The van der Waals surface area contributed by atoms with Crippen molar-refractivity contribution in [1.82, 2.24) is 9.97 Å². The quantitative estimate of drug-likeness (QED) is 0.939. The summed E-state index contributed by atoms with van der Waals surface area (Å²) >= 11 is 0. The van der Waals surface area contributed by atoms with Gasteiger partial charge < -0.3 is 10.1 Å². The zero-order chi connectivity index (χ0) is 15.5. The first kappa shape index (κ1) is 15.1. The van der Waals surface area contributed by atoms with Gasteiger partial charge in [-0.2, -0.15) is 18.2 Å². The van der Waals surface area contributed by atoms with Crippen molar-refractivity contribution in [3.8, 4) is 5.88 Å². The molecule has 0 amide bonds. The van der Waals surface area contributed by atoms with Gasteiger partial charge in [0, 0.05) is 12.6 Å². The van der Waals surface area contributed by atoms with E-state index in [1.54, 1.807) is 13.0 Å². The van der Waals surface area contributed by atoms with E-state index < -0.39 is 11.7 Å². The number of hydrogen-bond acceptors (Lipinski definition) is 4. The van der Waals surface area contributed by atoms with E-state index in [0.717, 1.165) is 17.7 Å². The molecule has 1 N–H and O–H groups in total. The van der Waals surface area contributed by atoms with Crippen molar-refractivity contribution in [1.29, 1.82) is 0 Å². The van der Waals surface area contributed by atoms with E-state index >= 15 is 0 Å². The summed E-state index contributed by atoms with van der Waals surface area (Å²) in [7, 11) is 1.50. The van der Waals surface area contributed by atoms with E-state index in [1.165, 1.54) is 19.2 Å². The molecule has 4 nitrogen and oxygen atoms in total. The fraction of sp³-hybridized carbons (Fsp3) is 0.286. The summed E-state index contributed by atoms with van der Waals surface area (Å²) in [5.41, 5.74) is 0.0593. The van der Waals surface area contributed by atoms with Crippen LogP contribution in [-0.2, 0) is 12.7 Å². The number of hydrogen-bond donors (Lipinski definition) is 1. The minimum absolute atomic E-state index is 0.359. The van der Waals surface area contributed by atoms with Gasteiger partial charge in [0.15, 0.2) is 0 Å². The maximum Gasteiger partial charge on any atom is 0.416 e. The monoisotopic (exact) mass is 297 g/mol. The van der Waals surface area contributed by atoms with Gasteiger partial charge >= 0.3 is 6.18 Å². The molecule has 0 bridgehead atoms. The van der Waals surface area contributed by atoms with Crippen LogP contribution in [-0.4, -0.2) is 17.1 Å². The highest BCUT2D eigenvalue weighted by atomic mass is 19.4. The third-order valence-electron chi connectivity index (χ3n) is 2.78. The van der Waals surface area contributed by atoms with Crippen molar-refractivity contribution < 1.29 is 17.9 Å². The number of methoxy groups -OCH3 is 1. The number of aromatic nitrogens is 2. The van der Waals surface area contributed by atoms with Gasteiger partial charge in [0.25, 0.3) is 0 Å². The molecule has 112 valence electrons. The second-order valence-corrected chi connectivity index (χ2v) is 4.39. The number of halogens is 3. The molecule has 2 aromatic rings. The largest absolute Gasteiger partial charge is 0.481 e. The Kier molecular flexibility index (Phi) is 4.30. The van der Waals surface area contributed by atoms with Crippen LogP contribution in [0.2, 0.25) is 0 Å². The lowest BCUT2D eigenvalue weighted by atomic mass is 10.1. The fourth-order valence-electron chi connectivity index (χ4n) is 1.74. The average Bonchev–Trinajstić information content (AvgIpc) is 2.44. The number of nitrogens with one attached hydrogen (secondary N) is 1. The van der Waals surface area contributed by atoms with Gasteiger partial charge in [-0.3, -0.25) is 0 Å². The predicted octanol–water partition coefficient (Wildman–Crippen LogP) is 3.42. The van der Waals surface area contributed by atoms with Crippen LogP contribution < -0.4 is 10.1 Å². The minimum atomic E-state index is -4.32. The number of anilines is 1. The topological polar surface area (TPSA) is 47.0 Å². The molecule has 0 saturated carbocycles. The van der Waals surface area contributed by atoms with Crippen LogP contribution in [0.5, 0.6) is 5.88 Å². The Morgan fingerprint density at radius 2 is 1.81 bits per heavy atom. The maximum atomic E-state index is 12.5. The standard InChI is InChI=1S/C14H14F3N3O/c1-9-19-12(7-13(20-9)21-2)18-8-10-3-5-11(6-4-10)14(15,16)17/h3-7H,8H2,1-2H3,(H,18,19,20). The van der Waals surface area contributed by atoms with Crippen LogP contribution in [0.15, 0.2) is 30.3 Å². The number of benzene rings is 1. The van der Waals surface area contributed by atoms with E-state index in [9.17, 15) is 13.2 Å². The van der Waals surface area contributed by atoms with Gasteiger partial charge in [-0.25, -0.2) is 4.98 Å². The van der Waals surface area contributed by atoms with Crippen LogP contribution in [0, 0.1) is 6.92 Å². The van der Waals surface area contributed by atoms with Crippen LogP contribution in [0.4, 0.5) is 19.0 Å². The predicted molar refractivity (Wildman–Crippen MR) is 72.1 cm³/mol. The van der Waals surface area contributed by atoms with Gasteiger partial charge in [0.05, 0.1) is 12.7 Å². The molecule has 1 aromatic carbocycles. The molecule has 21 heavy (non-hydrogen) atoms. The second kappa shape index (κ2) is 5.99. The molecule has 0 saturated heterocycles. The zero-order valence-corrected chi connectivity index (χ0v) is 11.5. The lowest BCUT2D eigenvalue weighted by Gasteiger charge is -2.10. The molecule has 0 fully saturated rings. The number of ether oxygens (including phenoxy) is 1. The van der Waals surface area contributed by atoms with Crippen LogP contribution >= 0.6 is 0 Å². The van der Waals surface area contributed by atoms with Gasteiger partial charge in [0.1, 0.15) is 11.6 Å². The highest BCUT2D eigenvalue weighted by molar-refractivity contribution is 5.39. The average molecular weight is 297 g/mol. The first-order valence-corrected chi connectivity index (χ1v) is 6.18. The zero-order valence-electron chi connectivity index (χ0n) is 11.5. The minimum Gasteiger partial charge on any atom is -0.481 e. The molecule has 0 radical (unpaired) electrons. The van der Waals surface area contributed by atoms with E-state index in [4.69, 9.17) is 4.74 Å². The molecule has 2 rings (SSSR count). The number of aryl methyl sites for hydroxylation is 1. The van der Waals surface area contributed by atoms with Crippen LogP contribution in [0.3, 0.4) is 0 Å². The molecule has 0 aliphatic rings. The molecule has 0 spiro atoms. The molecule has 0 aliphatic heterocycles. The molecule has 0 atom stereocenters. The van der Waals surface area contributed by atoms with Gasteiger partial charge in [-0.05, 0) is 24.6 Å². The Morgan fingerprint density at radius 3 is 2.38 bits per heavy atom. The Balaban J connectivity index is 2.05. The number of rotatable bonds is 4. The molecule has 7 heteroatoms. The summed E-state index contributed by atoms with van der Waals surface area (Å²) in [6, 6.07) is 6.60. The lowest BCUT2D eigenvalue weighted by molar-refractivity contribution is -0.137. The van der Waals surface area contributed by atoms with Crippen molar-refractivity contribution in [2.24, 2.45) is 0 Å². The SMILES string of the molecule is COc1cc(NCc2ccc(C(F)(F)F)cc2)nc(C)n1. The molecule has 0 aliphatic carbocycles. The van der Waals surface area contributed by atoms with Crippen molar-refractivity contribution in [2.45, 2.75) is 19.6 Å². The molecular weight excluding hydrogens is 283 g/mol. The van der Waals surface area contributed by atoms with Crippen LogP contribution in [0.1, 0.15) is 17.0 Å². The summed E-state index contributed by atoms with van der Waals surface area (Å²) in [4.78, 5) is 8.22. The molecule has 0 unspecified atom stereocenters. The highest BCUT2D eigenvalue weighted by Gasteiger charge is 2.29. The van der Waals surface area contributed by atoms with E-state index in [2.05, 4.69) is 15.3 Å². The van der Waals surface area contributed by atoms with Crippen molar-refractivity contribution in [3.05, 3.63) is 47.3 Å². The van der Waals surface area contributed by atoms with E-state index in [0.29, 0.717) is 24.1 Å². The normalized spacial score (nSPS) is 11.3. The van der Waals surface area contributed by atoms with Crippen molar-refractivity contribution in [3.63, 3.8) is 0 Å². The van der Waals surface area contributed by atoms with Crippen LogP contribution in [0.25, 0.3) is 0 Å². The molecule has 1 aromatic heterocycles. The summed E-state index contributed by atoms with van der Waals surface area (Å²) < 4.78 is 42.4. The third kappa shape index (κ3) is 4.08. The van der Waals surface area contributed by atoms with E-state index in [1.807, 2.05) is 0 Å². The second-order valence-electron chi connectivity index (χ2n) is 4.39. The molecule has 1 heterocycles. The first-order chi connectivity index (χ1) is 9.88. The summed E-state index contributed by atoms with van der Waals surface area (Å²) in [5.74, 6) is 1.53. The number of alkyl halides is 3. The lowest BCUT2D eigenvalue weighted by Crippen LogP contribution is -2.06. The Labute approximate surface area is 120 Å². The Bertz CT molecular complexity index is 612. The third-order valence-corrected chi connectivity index (χ3v) is 2.78. The molecular formula is C14H14F3N3O. The van der Waals surface area contributed by atoms with Gasteiger partial charge in [0.2, 0.25) is 5.88 Å². The summed E-state index contributed by atoms with van der Waals surface area (Å²) in [5, 5.41) is 3.02. The first-order valence-electron chi connectivity index (χ1n) is 6.18. The smallest absolute Gasteiger partial charge is 0.416 e. The highest BCUT2D eigenvalue weighted by Crippen LogP contribution is 2.29. The van der Waals surface area contributed by atoms with Gasteiger partial charge in [-0.15, -0.1) is 0 Å². The number of nitrogens with zero attached hydrogens (tertiary/aromatic N) is 2. The fourth-order valence-corrected chi connectivity index (χ4v) is 1.74. The summed E-state index contributed by atoms with van der Waals surface area (Å²) in [6.45, 7) is 2.09.